The van der Waals surface area contributed by atoms with E-state index in [1.807, 2.05) is 15.7 Å². The van der Waals surface area contributed by atoms with Crippen molar-refractivity contribution in [2.24, 2.45) is 11.1 Å². The average molecular weight is 314 g/mol. The van der Waals surface area contributed by atoms with Gasteiger partial charge in [0.2, 0.25) is 0 Å². The lowest BCUT2D eigenvalue weighted by Crippen LogP contribution is -2.43. The van der Waals surface area contributed by atoms with Gasteiger partial charge in [-0.1, -0.05) is 39.3 Å². The third-order valence-electron chi connectivity index (χ3n) is 3.50. The van der Waals surface area contributed by atoms with E-state index in [2.05, 4.69) is 27.7 Å². The van der Waals surface area contributed by atoms with Crippen molar-refractivity contribution in [2.75, 3.05) is 19.6 Å². The van der Waals surface area contributed by atoms with Crippen molar-refractivity contribution in [1.29, 1.82) is 0 Å². The highest BCUT2D eigenvalue weighted by Gasteiger charge is 2.26. The fraction of sp³-hybridized carbons (Fsp3) is 0.688. The SMILES string of the molecule is CCCN(CC(C)(C)CN)C(=O)c1cc(Cl)cn1CCC. The summed E-state index contributed by atoms with van der Waals surface area (Å²) in [6.07, 6.45) is 3.72. The van der Waals surface area contributed by atoms with Gasteiger partial charge in [0.1, 0.15) is 5.69 Å². The maximum atomic E-state index is 12.8. The molecule has 1 heterocycles. The van der Waals surface area contributed by atoms with Gasteiger partial charge in [0.05, 0.1) is 5.02 Å². The minimum atomic E-state index is -0.0865. The van der Waals surface area contributed by atoms with Crippen LogP contribution in [0.1, 0.15) is 51.0 Å². The number of halogens is 1. The molecular weight excluding hydrogens is 286 g/mol. The van der Waals surface area contributed by atoms with E-state index in [-0.39, 0.29) is 11.3 Å². The van der Waals surface area contributed by atoms with Crippen LogP contribution in [-0.4, -0.2) is 35.0 Å². The van der Waals surface area contributed by atoms with Crippen molar-refractivity contribution in [3.63, 3.8) is 0 Å². The minimum Gasteiger partial charge on any atom is -0.342 e. The Labute approximate surface area is 133 Å². The fourth-order valence-electron chi connectivity index (χ4n) is 2.35. The summed E-state index contributed by atoms with van der Waals surface area (Å²) < 4.78 is 1.95. The van der Waals surface area contributed by atoms with Gasteiger partial charge in [0, 0.05) is 25.8 Å². The molecule has 0 bridgehead atoms. The van der Waals surface area contributed by atoms with Crippen LogP contribution in [0.3, 0.4) is 0 Å². The van der Waals surface area contributed by atoms with Gasteiger partial charge in [-0.25, -0.2) is 0 Å². The quantitative estimate of drug-likeness (QED) is 0.799. The highest BCUT2D eigenvalue weighted by atomic mass is 35.5. The van der Waals surface area contributed by atoms with Crippen molar-refractivity contribution in [3.05, 3.63) is 23.0 Å². The summed E-state index contributed by atoms with van der Waals surface area (Å²) in [5.41, 5.74) is 6.39. The van der Waals surface area contributed by atoms with Crippen molar-refractivity contribution in [2.45, 2.75) is 47.1 Å². The Balaban J connectivity index is 3.00. The fourth-order valence-corrected chi connectivity index (χ4v) is 2.57. The van der Waals surface area contributed by atoms with Crippen molar-refractivity contribution >= 4 is 17.5 Å². The van der Waals surface area contributed by atoms with Crippen LogP contribution < -0.4 is 5.73 Å². The highest BCUT2D eigenvalue weighted by molar-refractivity contribution is 6.31. The van der Waals surface area contributed by atoms with E-state index < -0.39 is 0 Å². The van der Waals surface area contributed by atoms with Crippen molar-refractivity contribution in [1.82, 2.24) is 9.47 Å². The molecule has 4 nitrogen and oxygen atoms in total. The van der Waals surface area contributed by atoms with Gasteiger partial charge < -0.3 is 15.2 Å². The number of aryl methyl sites for hydroxylation is 1. The Morgan fingerprint density at radius 1 is 1.38 bits per heavy atom. The number of nitrogens with two attached hydrogens (primary N) is 1. The molecule has 2 N–H and O–H groups in total. The van der Waals surface area contributed by atoms with Crippen LogP contribution >= 0.6 is 11.6 Å². The second-order valence-electron chi connectivity index (χ2n) is 6.33. The molecule has 0 unspecified atom stereocenters. The predicted molar refractivity (Wildman–Crippen MR) is 88.8 cm³/mol. The maximum Gasteiger partial charge on any atom is 0.270 e. The first-order chi connectivity index (χ1) is 9.84. The molecule has 0 aliphatic heterocycles. The Bertz CT molecular complexity index is 468. The van der Waals surface area contributed by atoms with E-state index in [4.69, 9.17) is 17.3 Å². The lowest BCUT2D eigenvalue weighted by molar-refractivity contribution is 0.0678. The second kappa shape index (κ2) is 7.85. The summed E-state index contributed by atoms with van der Waals surface area (Å²) in [5, 5.41) is 0.612. The van der Waals surface area contributed by atoms with Crippen LogP contribution in [0.15, 0.2) is 12.3 Å². The zero-order valence-electron chi connectivity index (χ0n) is 13.7. The first kappa shape index (κ1) is 18.1. The summed E-state index contributed by atoms with van der Waals surface area (Å²) in [6.45, 7) is 11.1. The van der Waals surface area contributed by atoms with Gasteiger partial charge in [0.15, 0.2) is 0 Å². The zero-order valence-corrected chi connectivity index (χ0v) is 14.4. The molecule has 0 spiro atoms. The summed E-state index contributed by atoms with van der Waals surface area (Å²) in [5.74, 6) is 0.0405. The Hall–Kier alpha value is -1.00. The van der Waals surface area contributed by atoms with E-state index in [1.165, 1.54) is 0 Å². The number of rotatable bonds is 8. The summed E-state index contributed by atoms with van der Waals surface area (Å²) in [7, 11) is 0. The molecule has 0 atom stereocenters. The molecule has 120 valence electrons. The molecule has 1 aromatic rings. The number of aromatic nitrogens is 1. The third-order valence-corrected chi connectivity index (χ3v) is 3.71. The Kier molecular flexibility index (Phi) is 6.75. The van der Waals surface area contributed by atoms with Crippen molar-refractivity contribution in [3.8, 4) is 0 Å². The van der Waals surface area contributed by atoms with Gasteiger partial charge in [-0.15, -0.1) is 0 Å². The molecule has 0 fully saturated rings. The molecular formula is C16H28ClN3O. The lowest BCUT2D eigenvalue weighted by atomic mass is 9.93. The van der Waals surface area contributed by atoms with Gasteiger partial charge in [-0.05, 0) is 30.9 Å². The monoisotopic (exact) mass is 313 g/mol. The minimum absolute atomic E-state index is 0.0405. The Morgan fingerprint density at radius 3 is 2.57 bits per heavy atom. The van der Waals surface area contributed by atoms with Crippen LogP contribution in [0, 0.1) is 5.41 Å². The molecule has 0 radical (unpaired) electrons. The van der Waals surface area contributed by atoms with E-state index in [1.54, 1.807) is 6.07 Å². The van der Waals surface area contributed by atoms with Crippen LogP contribution in [0.25, 0.3) is 0 Å². The number of hydrogen-bond donors (Lipinski definition) is 1. The van der Waals surface area contributed by atoms with Crippen LogP contribution in [0.2, 0.25) is 5.02 Å². The molecule has 5 heteroatoms. The number of hydrogen-bond acceptors (Lipinski definition) is 2. The normalized spacial score (nSPS) is 11.7. The lowest BCUT2D eigenvalue weighted by Gasteiger charge is -2.32. The van der Waals surface area contributed by atoms with E-state index in [0.717, 1.165) is 25.9 Å². The van der Waals surface area contributed by atoms with Gasteiger partial charge in [-0.3, -0.25) is 4.79 Å². The maximum absolute atomic E-state index is 12.8. The number of amides is 1. The van der Waals surface area contributed by atoms with Crippen LogP contribution in [0.5, 0.6) is 0 Å². The molecule has 1 aromatic heterocycles. The highest BCUT2D eigenvalue weighted by Crippen LogP contribution is 2.20. The van der Waals surface area contributed by atoms with E-state index in [9.17, 15) is 4.79 Å². The Morgan fingerprint density at radius 2 is 2.05 bits per heavy atom. The van der Waals surface area contributed by atoms with E-state index in [0.29, 0.717) is 23.8 Å². The van der Waals surface area contributed by atoms with Gasteiger partial charge in [0.25, 0.3) is 5.91 Å². The smallest absolute Gasteiger partial charge is 0.270 e. The topological polar surface area (TPSA) is 51.3 Å². The van der Waals surface area contributed by atoms with Crippen LogP contribution in [-0.2, 0) is 6.54 Å². The number of carbonyl (C=O) groups is 1. The number of carbonyl (C=O) groups excluding carboxylic acids is 1. The molecule has 0 aliphatic rings. The molecule has 0 saturated heterocycles. The summed E-state index contributed by atoms with van der Waals surface area (Å²) in [4.78, 5) is 14.7. The molecule has 1 amide bonds. The second-order valence-corrected chi connectivity index (χ2v) is 6.77. The number of nitrogens with zero attached hydrogens (tertiary/aromatic N) is 2. The molecule has 21 heavy (non-hydrogen) atoms. The van der Waals surface area contributed by atoms with Gasteiger partial charge in [-0.2, -0.15) is 0 Å². The average Bonchev–Trinajstić information content (AvgIpc) is 2.78. The van der Waals surface area contributed by atoms with Crippen molar-refractivity contribution < 1.29 is 4.79 Å². The molecule has 1 rings (SSSR count). The first-order valence-electron chi connectivity index (χ1n) is 7.69. The van der Waals surface area contributed by atoms with Gasteiger partial charge >= 0.3 is 0 Å². The van der Waals surface area contributed by atoms with Crippen LogP contribution in [0.4, 0.5) is 0 Å². The summed E-state index contributed by atoms with van der Waals surface area (Å²) in [6, 6.07) is 1.76. The van der Waals surface area contributed by atoms with E-state index >= 15 is 0 Å². The molecule has 0 aromatic carbocycles. The largest absolute Gasteiger partial charge is 0.342 e. The predicted octanol–water partition coefficient (Wildman–Crippen LogP) is 3.39. The molecule has 0 saturated carbocycles. The standard InChI is InChI=1S/C16H28ClN3O/c1-5-7-19-10-13(17)9-14(19)15(21)20(8-6-2)12-16(3,4)11-18/h9-10H,5-8,11-12,18H2,1-4H3. The zero-order chi connectivity index (χ0) is 16.0. The first-order valence-corrected chi connectivity index (χ1v) is 8.07. The summed E-state index contributed by atoms with van der Waals surface area (Å²) >= 11 is 6.08. The third kappa shape index (κ3) is 5.04. The molecule has 0 aliphatic carbocycles.